The highest BCUT2D eigenvalue weighted by Crippen LogP contribution is 2.32. The Morgan fingerprint density at radius 1 is 0.319 bits per heavy atom. The summed E-state index contributed by atoms with van der Waals surface area (Å²) in [5, 5.41) is 4.19. The number of nitrogens with zero attached hydrogens (tertiary/aromatic N) is 1. The van der Waals surface area contributed by atoms with Crippen LogP contribution in [0.4, 0.5) is 8.78 Å². The second kappa shape index (κ2) is 44.2. The van der Waals surface area contributed by atoms with Gasteiger partial charge in [0.05, 0.1) is 42.5 Å². The van der Waals surface area contributed by atoms with E-state index < -0.39 is 0 Å². The van der Waals surface area contributed by atoms with E-state index in [-0.39, 0.29) is 17.7 Å². The van der Waals surface area contributed by atoms with Gasteiger partial charge in [-0.1, -0.05) is 241 Å². The molecular weight excluding hydrogens is 1270 g/mol. The van der Waals surface area contributed by atoms with Gasteiger partial charge in [-0.2, -0.15) is 0 Å². The fourth-order valence-electron chi connectivity index (χ4n) is 7.74. The minimum absolute atomic E-state index is 0.101. The molecule has 0 aliphatic rings. The minimum atomic E-state index is -0.163. The summed E-state index contributed by atoms with van der Waals surface area (Å²) in [6, 6.07) is 47.3. The quantitative estimate of drug-likeness (QED) is 0.115. The van der Waals surface area contributed by atoms with Gasteiger partial charge in [0, 0.05) is 27.3 Å². The summed E-state index contributed by atoms with van der Waals surface area (Å²) in [5.74, 6) is 6.79. The number of benzene rings is 7. The zero-order chi connectivity index (χ0) is 69.2. The summed E-state index contributed by atoms with van der Waals surface area (Å²) in [6.45, 7) is 39.8. The molecular formula is C78H101Cl6F2NO4. The van der Waals surface area contributed by atoms with Crippen LogP contribution in [0.2, 0.25) is 30.1 Å². The summed E-state index contributed by atoms with van der Waals surface area (Å²) < 4.78 is 46.1. The Bertz CT molecular complexity index is 3170. The van der Waals surface area contributed by atoms with Gasteiger partial charge < -0.3 is 18.9 Å². The first-order chi connectivity index (χ1) is 42.6. The van der Waals surface area contributed by atoms with Gasteiger partial charge in [0.1, 0.15) is 17.4 Å². The molecule has 13 heteroatoms. The van der Waals surface area contributed by atoms with Crippen molar-refractivity contribution in [2.75, 3.05) is 21.3 Å². The van der Waals surface area contributed by atoms with Gasteiger partial charge in [0.2, 0.25) is 5.88 Å². The number of pyridine rings is 1. The van der Waals surface area contributed by atoms with Crippen molar-refractivity contribution in [2.45, 2.75) is 185 Å². The van der Waals surface area contributed by atoms with E-state index in [1.165, 1.54) is 51.1 Å². The van der Waals surface area contributed by atoms with E-state index in [1.54, 1.807) is 40.4 Å². The Balaban J connectivity index is 0.000000521. The van der Waals surface area contributed by atoms with Crippen LogP contribution in [-0.4, -0.2) is 32.4 Å². The maximum atomic E-state index is 12.9. The number of aromatic nitrogens is 1. The maximum absolute atomic E-state index is 12.9. The maximum Gasteiger partial charge on any atom is 0.212 e. The molecule has 8 rings (SSSR count). The monoisotopic (exact) mass is 1360 g/mol. The summed E-state index contributed by atoms with van der Waals surface area (Å²) in [7, 11) is 4.92. The van der Waals surface area contributed by atoms with Crippen LogP contribution < -0.4 is 18.9 Å². The van der Waals surface area contributed by atoms with Crippen molar-refractivity contribution in [3.8, 4) is 23.1 Å². The fourth-order valence-corrected chi connectivity index (χ4v) is 8.94. The van der Waals surface area contributed by atoms with E-state index in [9.17, 15) is 8.78 Å². The molecule has 8 aromatic rings. The van der Waals surface area contributed by atoms with E-state index in [0.29, 0.717) is 78.3 Å². The molecule has 1 aromatic heterocycles. The lowest BCUT2D eigenvalue weighted by molar-refractivity contribution is 0.242. The van der Waals surface area contributed by atoms with Crippen molar-refractivity contribution in [3.63, 3.8) is 0 Å². The predicted octanol–water partition coefficient (Wildman–Crippen LogP) is 27.2. The number of hydrogen-bond donors (Lipinski definition) is 0. The van der Waals surface area contributed by atoms with Crippen LogP contribution in [0.15, 0.2) is 158 Å². The molecule has 0 unspecified atom stereocenters. The van der Waals surface area contributed by atoms with Gasteiger partial charge in [-0.15, -0.1) is 0 Å². The van der Waals surface area contributed by atoms with Gasteiger partial charge in [-0.3, -0.25) is 0 Å². The van der Waals surface area contributed by atoms with Crippen molar-refractivity contribution in [3.05, 3.63) is 250 Å². The molecule has 0 aliphatic carbocycles. The SMILES string of the molecule is CC(C)Oc1ccc(C(C)C)cc1Cl.CC(C)c1cc(Cl)cc(Cl)c1.CC(C)c1ccc(Cl)c(Cl)c1.CC(C)c1ccc(Cl)cc1.CC(C)c1ccc(F)cc1.COc1ccc(C(C)C)cc1OC.COc1ccc(C(C)C)cn1.Cc1ccc(C(C)C)cc1F. The zero-order valence-electron chi connectivity index (χ0n) is 57.8. The molecule has 0 aliphatic heterocycles. The normalized spacial score (nSPS) is 10.5. The van der Waals surface area contributed by atoms with Gasteiger partial charge in [-0.05, 0) is 203 Å². The van der Waals surface area contributed by atoms with E-state index >= 15 is 0 Å². The van der Waals surface area contributed by atoms with E-state index in [4.69, 9.17) is 88.6 Å². The van der Waals surface area contributed by atoms with Crippen LogP contribution in [0, 0.1) is 18.6 Å². The smallest absolute Gasteiger partial charge is 0.212 e. The van der Waals surface area contributed by atoms with Crippen molar-refractivity contribution in [1.29, 1.82) is 0 Å². The molecule has 5 nitrogen and oxygen atoms in total. The lowest BCUT2D eigenvalue weighted by Crippen LogP contribution is -2.06. The first-order valence-corrected chi connectivity index (χ1v) is 33.3. The van der Waals surface area contributed by atoms with E-state index in [2.05, 4.69) is 140 Å². The van der Waals surface area contributed by atoms with Crippen LogP contribution in [-0.2, 0) is 0 Å². The minimum Gasteiger partial charge on any atom is -0.493 e. The average Bonchev–Trinajstić information content (AvgIpc) is 2.62. The predicted molar refractivity (Wildman–Crippen MR) is 392 cm³/mol. The molecule has 0 radical (unpaired) electrons. The molecule has 0 saturated carbocycles. The first-order valence-electron chi connectivity index (χ1n) is 31.0. The van der Waals surface area contributed by atoms with Crippen molar-refractivity contribution >= 4 is 69.6 Å². The molecule has 0 fully saturated rings. The van der Waals surface area contributed by atoms with E-state index in [1.807, 2.05) is 123 Å². The molecule has 91 heavy (non-hydrogen) atoms. The second-order valence-electron chi connectivity index (χ2n) is 24.3. The lowest BCUT2D eigenvalue weighted by Gasteiger charge is -2.13. The molecule has 0 N–H and O–H groups in total. The molecule has 498 valence electrons. The number of ether oxygens (including phenoxy) is 4. The van der Waals surface area contributed by atoms with Gasteiger partial charge in [0.25, 0.3) is 0 Å². The van der Waals surface area contributed by atoms with Crippen molar-refractivity contribution in [1.82, 2.24) is 4.98 Å². The van der Waals surface area contributed by atoms with Crippen LogP contribution in [0.5, 0.6) is 23.1 Å². The number of methoxy groups -OCH3 is 3. The van der Waals surface area contributed by atoms with Crippen LogP contribution in [0.3, 0.4) is 0 Å². The van der Waals surface area contributed by atoms with Gasteiger partial charge >= 0.3 is 0 Å². The molecule has 0 bridgehead atoms. The Kier molecular flexibility index (Phi) is 40.5. The van der Waals surface area contributed by atoms with E-state index in [0.717, 1.165) is 33.4 Å². The van der Waals surface area contributed by atoms with Crippen molar-refractivity contribution in [2.24, 2.45) is 0 Å². The highest BCUT2D eigenvalue weighted by molar-refractivity contribution is 6.42. The Morgan fingerprint density at radius 2 is 0.703 bits per heavy atom. The molecule has 0 saturated heterocycles. The van der Waals surface area contributed by atoms with Crippen LogP contribution >= 0.6 is 69.6 Å². The molecule has 0 atom stereocenters. The van der Waals surface area contributed by atoms with Crippen LogP contribution in [0.25, 0.3) is 0 Å². The molecule has 7 aromatic carbocycles. The molecule has 0 spiro atoms. The summed E-state index contributed by atoms with van der Waals surface area (Å²) in [5.41, 5.74) is 10.4. The second-order valence-corrected chi connectivity index (χ2v) is 26.9. The molecule has 1 heterocycles. The topological polar surface area (TPSA) is 49.8 Å². The molecule has 0 amide bonds. The number of halogens is 8. The zero-order valence-corrected chi connectivity index (χ0v) is 62.3. The number of hydrogen-bond acceptors (Lipinski definition) is 5. The summed E-state index contributed by atoms with van der Waals surface area (Å²) in [6.07, 6.45) is 2.01. The largest absolute Gasteiger partial charge is 0.493 e. The highest BCUT2D eigenvalue weighted by Gasteiger charge is 2.09. The van der Waals surface area contributed by atoms with Crippen LogP contribution in [0.1, 0.15) is 222 Å². The standard InChI is InChI=1S/C12H17ClO.C11H16O2.C10H13F.2C9H10Cl2.C9H11Cl.C9H11F.C9H13NO/c1-8(2)10-5-6-12(11(13)7-10)14-9(3)4;1-8(2)9-5-6-10(12-3)11(7-9)13-4;1-7(2)9-5-4-8(3)10(11)6-9;1-6(2)7-3-8(10)5-9(11)4-7;1-6(2)7-3-4-8(10)9(11)5-7;2*1-7(2)8-3-5-9(10)6-4-8;1-7(2)8-4-5-9(11-3)10-6-8/h5-9H,1-4H3;5-8H,1-4H3;4-7H,1-3H3;2*3-6H,1-2H3;2*3-7H,1-2H3;4-7H,1-3H3. The Morgan fingerprint density at radius 3 is 1.09 bits per heavy atom. The lowest BCUT2D eigenvalue weighted by atomic mass is 10.0. The first kappa shape index (κ1) is 83.5. The fraction of sp³-hybridized carbons (Fsp3) is 0.397. The Labute approximate surface area is 577 Å². The number of rotatable bonds is 13. The van der Waals surface area contributed by atoms with Crippen molar-refractivity contribution < 1.29 is 27.7 Å². The highest BCUT2D eigenvalue weighted by atomic mass is 35.5. The van der Waals surface area contributed by atoms with Gasteiger partial charge in [-0.25, -0.2) is 13.8 Å². The third-order valence-electron chi connectivity index (χ3n) is 13.8. The Hall–Kier alpha value is -5.51. The summed E-state index contributed by atoms with van der Waals surface area (Å²) >= 11 is 35.0. The average molecular weight is 1370 g/mol. The van der Waals surface area contributed by atoms with Gasteiger partial charge in [0.15, 0.2) is 11.5 Å². The summed E-state index contributed by atoms with van der Waals surface area (Å²) in [4.78, 5) is 4.10. The third kappa shape index (κ3) is 33.8. The third-order valence-corrected chi connectivity index (χ3v) is 15.5. The number of aryl methyl sites for hydroxylation is 1.